The molecule has 0 saturated heterocycles. The van der Waals surface area contributed by atoms with Crippen molar-refractivity contribution in [2.75, 3.05) is 19.7 Å². The van der Waals surface area contributed by atoms with E-state index in [2.05, 4.69) is 32.6 Å². The van der Waals surface area contributed by atoms with Crippen LogP contribution in [0.5, 0.6) is 0 Å². The normalized spacial score (nSPS) is 13.5. The molecule has 0 aliphatic heterocycles. The van der Waals surface area contributed by atoms with Gasteiger partial charge in [-0.25, -0.2) is 0 Å². The first-order chi connectivity index (χ1) is 6.79. The Morgan fingerprint density at radius 1 is 1.21 bits per heavy atom. The Bertz CT molecular complexity index is 113. The van der Waals surface area contributed by atoms with Crippen LogP contribution in [0.1, 0.15) is 46.5 Å². The second kappa shape index (κ2) is 9.47. The lowest BCUT2D eigenvalue weighted by atomic mass is 10.2. The first kappa shape index (κ1) is 13.9. The van der Waals surface area contributed by atoms with E-state index < -0.39 is 0 Å². The Morgan fingerprint density at radius 3 is 2.29 bits per heavy atom. The van der Waals surface area contributed by atoms with Crippen LogP contribution < -0.4 is 0 Å². The van der Waals surface area contributed by atoms with E-state index in [1.54, 1.807) is 0 Å². The molecule has 0 aliphatic rings. The number of unbranched alkanes of at least 4 members (excludes halogenated alkanes) is 1. The van der Waals surface area contributed by atoms with Gasteiger partial charge in [0.05, 0.1) is 0 Å². The van der Waals surface area contributed by atoms with Crippen molar-refractivity contribution < 1.29 is 4.74 Å². The molecule has 0 rings (SSSR count). The van der Waals surface area contributed by atoms with Crippen LogP contribution >= 0.6 is 0 Å². The van der Waals surface area contributed by atoms with Gasteiger partial charge < -0.3 is 4.74 Å². The minimum absolute atomic E-state index is 0.286. The highest BCUT2D eigenvalue weighted by Crippen LogP contribution is 2.09. The quantitative estimate of drug-likeness (QED) is 0.419. The van der Waals surface area contributed by atoms with E-state index in [4.69, 9.17) is 4.74 Å². The van der Waals surface area contributed by atoms with Crippen LogP contribution in [0.4, 0.5) is 0 Å². The average molecular weight is 200 g/mol. The molecule has 1 unspecified atom stereocenters. The van der Waals surface area contributed by atoms with E-state index in [1.807, 2.05) is 0 Å². The summed E-state index contributed by atoms with van der Waals surface area (Å²) in [5.74, 6) is 0. The molecule has 0 aromatic rings. The Hall–Kier alpha value is -0.0800. The zero-order chi connectivity index (χ0) is 10.8. The molecule has 0 spiro atoms. The van der Waals surface area contributed by atoms with Crippen molar-refractivity contribution in [2.45, 2.75) is 52.7 Å². The van der Waals surface area contributed by atoms with Gasteiger partial charge in [-0.3, -0.25) is 4.90 Å². The third kappa shape index (κ3) is 5.61. The summed E-state index contributed by atoms with van der Waals surface area (Å²) in [5, 5.41) is 0. The predicted octanol–water partition coefficient (Wildman–Crippen LogP) is 3.09. The van der Waals surface area contributed by atoms with Gasteiger partial charge in [-0.1, -0.05) is 34.1 Å². The van der Waals surface area contributed by atoms with Crippen molar-refractivity contribution >= 4 is 0 Å². The molecule has 0 aromatic carbocycles. The van der Waals surface area contributed by atoms with E-state index >= 15 is 0 Å². The SMILES string of the molecule is [CH2]CCC(OCCCC)N(CC)CC. The van der Waals surface area contributed by atoms with Crippen molar-refractivity contribution in [3.05, 3.63) is 6.92 Å². The van der Waals surface area contributed by atoms with Crippen LogP contribution in [0.3, 0.4) is 0 Å². The van der Waals surface area contributed by atoms with E-state index in [-0.39, 0.29) is 6.23 Å². The van der Waals surface area contributed by atoms with Crippen molar-refractivity contribution in [1.82, 2.24) is 4.90 Å². The average Bonchev–Trinajstić information content (AvgIpc) is 2.20. The molecule has 85 valence electrons. The highest BCUT2D eigenvalue weighted by Gasteiger charge is 2.14. The summed E-state index contributed by atoms with van der Waals surface area (Å²) in [6.07, 6.45) is 4.65. The minimum atomic E-state index is 0.286. The first-order valence-electron chi connectivity index (χ1n) is 5.94. The molecular formula is C12H26NO. The van der Waals surface area contributed by atoms with E-state index in [9.17, 15) is 0 Å². The predicted molar refractivity (Wildman–Crippen MR) is 62.2 cm³/mol. The van der Waals surface area contributed by atoms with Crippen LogP contribution in [-0.2, 0) is 4.74 Å². The van der Waals surface area contributed by atoms with Crippen LogP contribution in [0.25, 0.3) is 0 Å². The van der Waals surface area contributed by atoms with Gasteiger partial charge in [-0.2, -0.15) is 0 Å². The van der Waals surface area contributed by atoms with E-state index in [0.29, 0.717) is 0 Å². The molecule has 2 nitrogen and oxygen atoms in total. The van der Waals surface area contributed by atoms with Gasteiger partial charge in [0, 0.05) is 6.61 Å². The summed E-state index contributed by atoms with van der Waals surface area (Å²) in [5.41, 5.74) is 0. The molecule has 1 radical (unpaired) electrons. The molecule has 0 aromatic heterocycles. The van der Waals surface area contributed by atoms with Gasteiger partial charge in [-0.05, 0) is 32.4 Å². The lowest BCUT2D eigenvalue weighted by Crippen LogP contribution is -2.37. The molecule has 2 heteroatoms. The molecule has 14 heavy (non-hydrogen) atoms. The fourth-order valence-electron chi connectivity index (χ4n) is 1.54. The van der Waals surface area contributed by atoms with Gasteiger partial charge in [0.2, 0.25) is 0 Å². The zero-order valence-corrected chi connectivity index (χ0v) is 10.1. The maximum Gasteiger partial charge on any atom is 0.110 e. The van der Waals surface area contributed by atoms with Gasteiger partial charge >= 0.3 is 0 Å². The maximum atomic E-state index is 5.85. The summed E-state index contributed by atoms with van der Waals surface area (Å²) < 4.78 is 5.85. The van der Waals surface area contributed by atoms with Crippen molar-refractivity contribution in [3.63, 3.8) is 0 Å². The summed E-state index contributed by atoms with van der Waals surface area (Å²) in [6.45, 7) is 13.5. The zero-order valence-electron chi connectivity index (χ0n) is 10.1. The minimum Gasteiger partial charge on any atom is -0.363 e. The van der Waals surface area contributed by atoms with Gasteiger partial charge in [0.25, 0.3) is 0 Å². The lowest BCUT2D eigenvalue weighted by Gasteiger charge is -2.29. The van der Waals surface area contributed by atoms with Gasteiger partial charge in [-0.15, -0.1) is 0 Å². The molecule has 0 bridgehead atoms. The first-order valence-corrected chi connectivity index (χ1v) is 5.94. The second-order valence-electron chi connectivity index (χ2n) is 3.54. The third-order valence-electron chi connectivity index (χ3n) is 2.48. The number of hydrogen-bond acceptors (Lipinski definition) is 2. The fraction of sp³-hybridized carbons (Fsp3) is 0.917. The molecule has 0 N–H and O–H groups in total. The molecular weight excluding hydrogens is 174 g/mol. The largest absolute Gasteiger partial charge is 0.363 e. The van der Waals surface area contributed by atoms with E-state index in [0.717, 1.165) is 39.0 Å². The Morgan fingerprint density at radius 2 is 1.86 bits per heavy atom. The van der Waals surface area contributed by atoms with Crippen molar-refractivity contribution in [3.8, 4) is 0 Å². The lowest BCUT2D eigenvalue weighted by molar-refractivity contribution is -0.0602. The van der Waals surface area contributed by atoms with E-state index in [1.165, 1.54) is 6.42 Å². The third-order valence-corrected chi connectivity index (χ3v) is 2.48. The monoisotopic (exact) mass is 200 g/mol. The molecule has 0 fully saturated rings. The number of hydrogen-bond donors (Lipinski definition) is 0. The highest BCUT2D eigenvalue weighted by molar-refractivity contribution is 4.61. The van der Waals surface area contributed by atoms with Crippen LogP contribution in [-0.4, -0.2) is 30.8 Å². The van der Waals surface area contributed by atoms with Crippen LogP contribution in [0.2, 0.25) is 0 Å². The van der Waals surface area contributed by atoms with Crippen LogP contribution in [0, 0.1) is 6.92 Å². The maximum absolute atomic E-state index is 5.85. The Balaban J connectivity index is 3.85. The summed E-state index contributed by atoms with van der Waals surface area (Å²) in [4.78, 5) is 2.36. The Kier molecular flexibility index (Phi) is 9.42. The Labute approximate surface area is 89.6 Å². The summed E-state index contributed by atoms with van der Waals surface area (Å²) >= 11 is 0. The molecule has 0 amide bonds. The molecule has 0 heterocycles. The van der Waals surface area contributed by atoms with Crippen molar-refractivity contribution in [2.24, 2.45) is 0 Å². The molecule has 0 saturated carbocycles. The standard InChI is InChI=1S/C12H26NO/c1-5-9-11-14-12(10-6-2)13(7-3)8-4/h12H,2,5-11H2,1,3-4H3. The number of ether oxygens (including phenoxy) is 1. The molecule has 0 aliphatic carbocycles. The van der Waals surface area contributed by atoms with Gasteiger partial charge in [0.1, 0.15) is 6.23 Å². The highest BCUT2D eigenvalue weighted by atomic mass is 16.5. The summed E-state index contributed by atoms with van der Waals surface area (Å²) in [7, 11) is 0. The van der Waals surface area contributed by atoms with Crippen molar-refractivity contribution in [1.29, 1.82) is 0 Å². The number of nitrogens with zero attached hydrogens (tertiary/aromatic N) is 1. The summed E-state index contributed by atoms with van der Waals surface area (Å²) in [6, 6.07) is 0. The van der Waals surface area contributed by atoms with Gasteiger partial charge in [0.15, 0.2) is 0 Å². The number of rotatable bonds is 9. The topological polar surface area (TPSA) is 12.5 Å². The van der Waals surface area contributed by atoms with Crippen LogP contribution in [0.15, 0.2) is 0 Å². The molecule has 1 atom stereocenters. The fourth-order valence-corrected chi connectivity index (χ4v) is 1.54. The smallest absolute Gasteiger partial charge is 0.110 e. The second-order valence-corrected chi connectivity index (χ2v) is 3.54.